The van der Waals surface area contributed by atoms with Crippen molar-refractivity contribution >= 4 is 138 Å². The number of thiazole rings is 2. The second-order valence-corrected chi connectivity index (χ2v) is 38.2. The molecule has 38 heteroatoms. The lowest BCUT2D eigenvalue weighted by Gasteiger charge is -2.31. The maximum absolute atomic E-state index is 12.9. The number of carbonyl (C=O) groups excluding carboxylic acids is 10. The lowest BCUT2D eigenvalue weighted by atomic mass is 9.94. The summed E-state index contributed by atoms with van der Waals surface area (Å²) in [5.41, 5.74) is 2.08. The molecule has 6 aliphatic rings. The van der Waals surface area contributed by atoms with Crippen molar-refractivity contribution in [2.75, 3.05) is 129 Å². The number of amides is 10. The number of oxazole rings is 2. The maximum atomic E-state index is 12.9. The first-order valence-corrected chi connectivity index (χ1v) is 45.6. The Balaban J connectivity index is 0.000000231. The molecule has 6 aromatic heterocycles. The summed E-state index contributed by atoms with van der Waals surface area (Å²) in [6.45, 7) is 24.7. The highest BCUT2D eigenvalue weighted by molar-refractivity contribution is 8.00. The fourth-order valence-electron chi connectivity index (χ4n) is 13.9. The van der Waals surface area contributed by atoms with E-state index in [1.165, 1.54) is 55.1 Å². The molecule has 117 heavy (non-hydrogen) atoms. The van der Waals surface area contributed by atoms with Gasteiger partial charge in [-0.05, 0) is 108 Å². The number of ether oxygens (including phenoxy) is 4. The van der Waals surface area contributed by atoms with Gasteiger partial charge in [0.2, 0.25) is 59.0 Å². The van der Waals surface area contributed by atoms with Crippen LogP contribution in [0.25, 0.3) is 0 Å². The van der Waals surface area contributed by atoms with Crippen LogP contribution < -0.4 is 42.5 Å². The van der Waals surface area contributed by atoms with E-state index in [1.54, 1.807) is 53.7 Å². The zero-order chi connectivity index (χ0) is 82.9. The number of nitrogens with one attached hydrogen (secondary N) is 8. The number of imide groups is 2. The molecule has 12 heterocycles. The number of piperidine rings is 4. The van der Waals surface area contributed by atoms with Crippen LogP contribution in [0.1, 0.15) is 189 Å². The Hall–Kier alpha value is -7.44. The minimum atomic E-state index is -0.663. The molecule has 0 bridgehead atoms. The van der Waals surface area contributed by atoms with Crippen molar-refractivity contribution in [2.45, 2.75) is 194 Å². The van der Waals surface area contributed by atoms with Crippen molar-refractivity contribution in [2.24, 2.45) is 11.8 Å². The number of thiophene rings is 2. The Morgan fingerprint density at radius 3 is 1.56 bits per heavy atom. The van der Waals surface area contributed by atoms with Crippen molar-refractivity contribution in [1.82, 2.24) is 71.4 Å². The molecule has 0 spiro atoms. The molecule has 10 amide bonds. The summed E-state index contributed by atoms with van der Waals surface area (Å²) < 4.78 is 36.2. The largest absolute Gasteiger partial charge is 0.444 e. The minimum absolute atomic E-state index is 0.0102. The van der Waals surface area contributed by atoms with Gasteiger partial charge in [-0.1, -0.05) is 83.5 Å². The molecule has 6 aliphatic heterocycles. The van der Waals surface area contributed by atoms with Crippen LogP contribution in [-0.2, 0) is 106 Å². The van der Waals surface area contributed by atoms with Gasteiger partial charge in [0.15, 0.2) is 10.3 Å². The summed E-state index contributed by atoms with van der Waals surface area (Å²) in [6, 6.07) is 0.638. The third kappa shape index (κ3) is 27.8. The van der Waals surface area contributed by atoms with Crippen LogP contribution >= 0.6 is 68.9 Å². The summed E-state index contributed by atoms with van der Waals surface area (Å²) in [7, 11) is 0. The molecule has 0 saturated carbocycles. The van der Waals surface area contributed by atoms with Crippen molar-refractivity contribution in [1.29, 1.82) is 0 Å². The van der Waals surface area contributed by atoms with Crippen molar-refractivity contribution in [3.8, 4) is 0 Å². The van der Waals surface area contributed by atoms with Crippen LogP contribution in [-0.4, -0.2) is 229 Å². The Labute approximate surface area is 706 Å². The van der Waals surface area contributed by atoms with Crippen molar-refractivity contribution in [3.05, 3.63) is 90.9 Å². The molecule has 6 aromatic rings. The number of hydrogen-bond donors (Lipinski definition) is 8. The fraction of sp³-hybridized carbons (Fsp3) is 0.620. The second-order valence-electron chi connectivity index (χ2n) is 31.5. The van der Waals surface area contributed by atoms with Crippen LogP contribution in [0.5, 0.6) is 0 Å². The number of unbranched alkanes of at least 4 members (excludes halogenated alkanes) is 4. The number of likely N-dealkylation sites (tertiary alicyclic amines) is 2. The second kappa shape index (κ2) is 44.7. The molecule has 0 aliphatic carbocycles. The molecule has 2 unspecified atom stereocenters. The Bertz CT molecular complexity index is 4320. The molecule has 4 saturated heterocycles. The number of nitrogens with zero attached hydrogens (tertiary/aromatic N) is 8. The van der Waals surface area contributed by atoms with E-state index in [0.29, 0.717) is 129 Å². The summed E-state index contributed by atoms with van der Waals surface area (Å²) in [5.74, 6) is 2.22. The first kappa shape index (κ1) is 90.3. The number of thioether (sulfide) groups is 2. The summed E-state index contributed by atoms with van der Waals surface area (Å²) in [6.07, 6.45) is 17.1. The highest BCUT2D eigenvalue weighted by atomic mass is 32.2. The average Bonchev–Trinajstić information content (AvgIpc) is 1.62. The maximum Gasteiger partial charge on any atom is 0.265 e. The van der Waals surface area contributed by atoms with Gasteiger partial charge < -0.3 is 79.3 Å². The number of carbonyl (C=O) groups is 10. The van der Waals surface area contributed by atoms with Gasteiger partial charge in [0.1, 0.15) is 23.6 Å². The highest BCUT2D eigenvalue weighted by Gasteiger charge is 2.43. The quantitative estimate of drug-likeness (QED) is 0.0101. The van der Waals surface area contributed by atoms with Gasteiger partial charge in [-0.3, -0.25) is 58.6 Å². The molecule has 0 radical (unpaired) electrons. The smallest absolute Gasteiger partial charge is 0.265 e. The van der Waals surface area contributed by atoms with Crippen molar-refractivity contribution < 1.29 is 75.7 Å². The van der Waals surface area contributed by atoms with E-state index in [-0.39, 0.29) is 109 Å². The van der Waals surface area contributed by atoms with Gasteiger partial charge in [-0.2, -0.15) is 0 Å². The summed E-state index contributed by atoms with van der Waals surface area (Å²) in [4.78, 5) is 152. The van der Waals surface area contributed by atoms with Gasteiger partial charge in [0.05, 0.1) is 134 Å². The van der Waals surface area contributed by atoms with Gasteiger partial charge in [0.25, 0.3) is 11.8 Å². The van der Waals surface area contributed by atoms with E-state index < -0.39 is 23.9 Å². The van der Waals surface area contributed by atoms with E-state index in [1.807, 2.05) is 6.07 Å². The Morgan fingerprint density at radius 2 is 1.03 bits per heavy atom. The average molecular weight is 1730 g/mol. The number of hydrogen-bond acceptors (Lipinski definition) is 30. The van der Waals surface area contributed by atoms with E-state index >= 15 is 0 Å². The zero-order valence-corrected chi connectivity index (χ0v) is 72.4. The van der Waals surface area contributed by atoms with E-state index in [4.69, 9.17) is 27.8 Å². The van der Waals surface area contributed by atoms with Crippen LogP contribution in [0, 0.1) is 11.8 Å². The molecule has 12 rings (SSSR count). The lowest BCUT2D eigenvalue weighted by molar-refractivity contribution is -0.138. The van der Waals surface area contributed by atoms with Gasteiger partial charge in [-0.25, -0.2) is 19.9 Å². The zero-order valence-electron chi connectivity index (χ0n) is 67.5. The molecule has 4 fully saturated rings. The first-order chi connectivity index (χ1) is 56.4. The predicted octanol–water partition coefficient (Wildman–Crippen LogP) is 8.22. The molecule has 32 nitrogen and oxygen atoms in total. The van der Waals surface area contributed by atoms with Crippen molar-refractivity contribution in [3.63, 3.8) is 0 Å². The number of anilines is 2. The van der Waals surface area contributed by atoms with Gasteiger partial charge in [-0.15, -0.1) is 46.2 Å². The standard InChI is InChI=1S/C41H58N8O10S3.C38H52N8O6S3/c1-41(2,3)32-21-44-35(59-32)26-61-36-23-45-40(62-36)47-37(52)27-6-9-48(10-7-27)11-13-56-15-17-58-19-18-57-16-14-55-12-8-42-22-34(51)43-20-31-28-24-49(39(54)29(28)25-60-31)30-4-5-33(50)46-38(30)53;1-38(2,3)28-19-41-31(52-28)23-53-32-21-42-37(55-32)44-34(49)24-11-15-45(16-12-24)14-8-6-4-5-7-13-39-20-30(48)40-18-26-17-25-22-46(36(51)33(25)54-26)27-9-10-29(47)43-35(27)50/h21,23,25,27,30,42H,4-20,22,24,26H2,1-3H3,(H,43,51)(H,45,47,52)(H,46,50,53);17,19,21,24,27,39H,4-16,18,20,22-23H2,1-3H3,(H,40,48)(H,42,44,49)(H,43,47,50). The number of rotatable bonds is 43. The number of fused-ring (bicyclic) bond motifs is 2. The highest BCUT2D eigenvalue weighted by Crippen LogP contribution is 2.38. The Kier molecular flexibility index (Phi) is 34.5. The fourth-order valence-corrected chi connectivity index (χ4v) is 19.4. The molecule has 2 atom stereocenters. The summed E-state index contributed by atoms with van der Waals surface area (Å²) >= 11 is 8.90. The predicted molar refractivity (Wildman–Crippen MR) is 446 cm³/mol. The van der Waals surface area contributed by atoms with E-state index in [0.717, 1.165) is 144 Å². The Morgan fingerprint density at radius 1 is 0.547 bits per heavy atom. The summed E-state index contributed by atoms with van der Waals surface area (Å²) in [5, 5.41) is 25.7. The minimum Gasteiger partial charge on any atom is -0.444 e. The lowest BCUT2D eigenvalue weighted by Crippen LogP contribution is -2.52. The van der Waals surface area contributed by atoms with Crippen LogP contribution in [0.3, 0.4) is 0 Å². The molecular formula is C79H110N16O16S6. The van der Waals surface area contributed by atoms with Gasteiger partial charge >= 0.3 is 0 Å². The normalized spacial score (nSPS) is 17.8. The van der Waals surface area contributed by atoms with Crippen LogP contribution in [0.2, 0.25) is 0 Å². The van der Waals surface area contributed by atoms with Crippen LogP contribution in [0.15, 0.2) is 53.5 Å². The van der Waals surface area contributed by atoms with E-state index in [9.17, 15) is 47.9 Å². The topological polar surface area (TPSA) is 395 Å². The monoisotopic (exact) mass is 1730 g/mol. The van der Waals surface area contributed by atoms with Crippen LogP contribution in [0.4, 0.5) is 10.3 Å². The molecule has 638 valence electrons. The third-order valence-corrected chi connectivity index (χ3v) is 27.0. The molecule has 0 aromatic carbocycles. The van der Waals surface area contributed by atoms with Gasteiger partial charge in [0, 0.05) is 76.8 Å². The number of aromatic nitrogens is 4. The first-order valence-electron chi connectivity index (χ1n) is 40.3. The molecular weight excluding hydrogens is 1620 g/mol. The third-order valence-electron chi connectivity index (χ3n) is 20.6. The molecule has 8 N–H and O–H groups in total. The SMILES string of the molecule is CC(C)(C)c1cnc(CSc2cnc(NC(=O)C3CCN(CCCCCCCNCC(=O)NCc4cc5c(s4)C(=O)N(C4CCC(=O)NC4=O)C5)CC3)s2)o1.CC(C)(C)c1cnc(CSc2cnc(NC(=O)C3CCN(CCOCCOCCOCCOCCNCC(=O)NCc4scc5c4CN(C4CCC(=O)NC4=O)C5=O)CC3)s2)o1. The van der Waals surface area contributed by atoms with E-state index in [2.05, 4.69) is 114 Å².